The molecule has 0 aliphatic carbocycles. The fourth-order valence-electron chi connectivity index (χ4n) is 4.14. The van der Waals surface area contributed by atoms with E-state index in [9.17, 15) is 9.59 Å². The summed E-state index contributed by atoms with van der Waals surface area (Å²) < 4.78 is 13.0. The number of thiazole rings is 1. The minimum absolute atomic E-state index is 0.103. The molecule has 0 saturated heterocycles. The van der Waals surface area contributed by atoms with E-state index in [1.807, 2.05) is 66.0 Å². The van der Waals surface area contributed by atoms with E-state index in [0.29, 0.717) is 31.9 Å². The van der Waals surface area contributed by atoms with Crippen LogP contribution >= 0.6 is 22.7 Å². The molecule has 184 valence electrons. The molecular formula is C28H21N3O4S2. The van der Waals surface area contributed by atoms with Gasteiger partial charge in [-0.15, -0.1) is 11.3 Å². The Morgan fingerprint density at radius 3 is 2.65 bits per heavy atom. The van der Waals surface area contributed by atoms with Crippen LogP contribution in [0.15, 0.2) is 87.5 Å². The Labute approximate surface area is 220 Å². The summed E-state index contributed by atoms with van der Waals surface area (Å²) in [4.78, 5) is 33.3. The van der Waals surface area contributed by atoms with Crippen LogP contribution in [0.25, 0.3) is 11.8 Å². The van der Waals surface area contributed by atoms with Crippen LogP contribution in [0.3, 0.4) is 0 Å². The maximum atomic E-state index is 13.8. The lowest BCUT2D eigenvalue weighted by Gasteiger charge is -2.24. The predicted molar refractivity (Wildman–Crippen MR) is 143 cm³/mol. The summed E-state index contributed by atoms with van der Waals surface area (Å²) in [5.74, 6) is -0.00471. The molecule has 7 nitrogen and oxygen atoms in total. The lowest BCUT2D eigenvalue weighted by molar-refractivity contribution is -0.138. The van der Waals surface area contributed by atoms with Gasteiger partial charge in [0.05, 0.1) is 22.4 Å². The first-order chi connectivity index (χ1) is 18.1. The van der Waals surface area contributed by atoms with Crippen molar-refractivity contribution in [2.75, 3.05) is 13.2 Å². The molecule has 9 heteroatoms. The molecule has 37 heavy (non-hydrogen) atoms. The summed E-state index contributed by atoms with van der Waals surface area (Å²) in [5, 5.41) is 10.8. The number of fused-ring (bicyclic) bond motifs is 1. The molecule has 0 N–H and O–H groups in total. The zero-order chi connectivity index (χ0) is 25.8. The molecule has 2 aromatic heterocycles. The number of hydrogen-bond donors (Lipinski definition) is 0. The third kappa shape index (κ3) is 4.77. The number of hydrogen-bond acceptors (Lipinski definition) is 8. The average molecular weight is 528 g/mol. The third-order valence-corrected chi connectivity index (χ3v) is 7.59. The molecule has 5 rings (SSSR count). The van der Waals surface area contributed by atoms with Crippen LogP contribution in [0.5, 0.6) is 5.75 Å². The van der Waals surface area contributed by atoms with E-state index < -0.39 is 12.0 Å². The minimum Gasteiger partial charge on any atom is -0.478 e. The van der Waals surface area contributed by atoms with Crippen molar-refractivity contribution in [3.8, 4) is 11.8 Å². The normalized spacial score (nSPS) is 15.0. The maximum absolute atomic E-state index is 13.8. The van der Waals surface area contributed by atoms with E-state index in [0.717, 1.165) is 10.4 Å². The van der Waals surface area contributed by atoms with Crippen molar-refractivity contribution in [3.05, 3.63) is 113 Å². The quantitative estimate of drug-likeness (QED) is 0.340. The molecular weight excluding hydrogens is 506 g/mol. The molecule has 0 fully saturated rings. The van der Waals surface area contributed by atoms with Crippen molar-refractivity contribution in [3.63, 3.8) is 0 Å². The second kappa shape index (κ2) is 10.8. The van der Waals surface area contributed by atoms with Crippen molar-refractivity contribution in [2.24, 2.45) is 4.99 Å². The second-order valence-electron chi connectivity index (χ2n) is 7.93. The number of nitriles is 1. The van der Waals surface area contributed by atoms with Gasteiger partial charge in [0.1, 0.15) is 17.9 Å². The number of ether oxygens (including phenoxy) is 2. The summed E-state index contributed by atoms with van der Waals surface area (Å²) in [7, 11) is 0. The Balaban J connectivity index is 1.78. The van der Waals surface area contributed by atoms with Crippen LogP contribution in [0.4, 0.5) is 0 Å². The molecule has 0 saturated carbocycles. The highest BCUT2D eigenvalue weighted by molar-refractivity contribution is 7.10. The van der Waals surface area contributed by atoms with Crippen molar-refractivity contribution >= 4 is 40.4 Å². The van der Waals surface area contributed by atoms with Gasteiger partial charge in [-0.05, 0) is 30.5 Å². The predicted octanol–water partition coefficient (Wildman–Crippen LogP) is 3.90. The van der Waals surface area contributed by atoms with Gasteiger partial charge < -0.3 is 9.47 Å². The zero-order valence-corrected chi connectivity index (χ0v) is 21.4. The Kier molecular flexibility index (Phi) is 7.12. The van der Waals surface area contributed by atoms with Gasteiger partial charge in [0, 0.05) is 16.0 Å². The smallest absolute Gasteiger partial charge is 0.338 e. The van der Waals surface area contributed by atoms with E-state index >= 15 is 0 Å². The highest BCUT2D eigenvalue weighted by Gasteiger charge is 2.35. The fraction of sp³-hybridized carbons (Fsp3) is 0.143. The zero-order valence-electron chi connectivity index (χ0n) is 19.8. The van der Waals surface area contributed by atoms with Crippen molar-refractivity contribution < 1.29 is 14.3 Å². The number of rotatable bonds is 7. The van der Waals surface area contributed by atoms with Crippen molar-refractivity contribution in [1.29, 1.82) is 5.26 Å². The summed E-state index contributed by atoms with van der Waals surface area (Å²) in [6, 6.07) is 21.7. The lowest BCUT2D eigenvalue weighted by atomic mass is 9.97. The SMILES string of the molecule is CCOC(=O)C1=C(c2ccccc2)N=c2s/c(=C\c3ccccc3OCC#N)c(=O)n2[C@H]1c1cccs1. The van der Waals surface area contributed by atoms with Crippen LogP contribution in [-0.2, 0) is 9.53 Å². The van der Waals surface area contributed by atoms with Gasteiger partial charge in [0.25, 0.3) is 5.56 Å². The van der Waals surface area contributed by atoms with Gasteiger partial charge >= 0.3 is 5.97 Å². The van der Waals surface area contributed by atoms with E-state index in [4.69, 9.17) is 19.7 Å². The van der Waals surface area contributed by atoms with Gasteiger partial charge in [-0.1, -0.05) is 65.9 Å². The molecule has 0 spiro atoms. The van der Waals surface area contributed by atoms with Gasteiger partial charge in [-0.3, -0.25) is 9.36 Å². The largest absolute Gasteiger partial charge is 0.478 e. The number of esters is 1. The first-order valence-electron chi connectivity index (χ1n) is 11.5. The molecule has 1 aliphatic rings. The van der Waals surface area contributed by atoms with Crippen LogP contribution in [0, 0.1) is 11.3 Å². The molecule has 1 aliphatic heterocycles. The number of thiophene rings is 1. The monoisotopic (exact) mass is 527 g/mol. The summed E-state index contributed by atoms with van der Waals surface area (Å²) >= 11 is 2.71. The molecule has 0 bridgehead atoms. The average Bonchev–Trinajstić information content (AvgIpc) is 3.56. The van der Waals surface area contributed by atoms with Gasteiger partial charge in [0.2, 0.25) is 0 Å². The summed E-state index contributed by atoms with van der Waals surface area (Å²) in [6.45, 7) is 1.85. The van der Waals surface area contributed by atoms with Crippen LogP contribution in [0.2, 0.25) is 0 Å². The third-order valence-electron chi connectivity index (χ3n) is 5.68. The standard InChI is InChI=1S/C28H21N3O4S2/c1-2-34-27(33)23-24(18-9-4-3-5-10-18)30-28-31(25(23)21-13-8-16-36-21)26(32)22(37-28)17-19-11-6-7-12-20(19)35-15-14-29/h3-13,16-17,25H,2,15H2,1H3/b22-17-/t25-/m0/s1. The molecule has 0 amide bonds. The van der Waals surface area contributed by atoms with E-state index in [2.05, 4.69) is 0 Å². The highest BCUT2D eigenvalue weighted by Crippen LogP contribution is 2.36. The second-order valence-corrected chi connectivity index (χ2v) is 9.92. The molecule has 0 unspecified atom stereocenters. The van der Waals surface area contributed by atoms with E-state index in [1.165, 1.54) is 22.7 Å². The molecule has 0 radical (unpaired) electrons. The number of aromatic nitrogens is 1. The number of nitrogens with zero attached hydrogens (tertiary/aromatic N) is 3. The molecule has 4 aromatic rings. The Morgan fingerprint density at radius 2 is 1.92 bits per heavy atom. The molecule has 1 atom stereocenters. The van der Waals surface area contributed by atoms with Gasteiger partial charge in [-0.2, -0.15) is 5.26 Å². The van der Waals surface area contributed by atoms with Crippen LogP contribution < -0.4 is 19.6 Å². The topological polar surface area (TPSA) is 93.7 Å². The van der Waals surface area contributed by atoms with Gasteiger partial charge in [-0.25, -0.2) is 9.79 Å². The Bertz CT molecular complexity index is 1690. The highest BCUT2D eigenvalue weighted by atomic mass is 32.1. The first kappa shape index (κ1) is 24.4. The number of carbonyl (C=O) groups is 1. The minimum atomic E-state index is -0.683. The van der Waals surface area contributed by atoms with E-state index in [-0.39, 0.29) is 18.8 Å². The summed E-state index contributed by atoms with van der Waals surface area (Å²) in [6.07, 6.45) is 1.73. The number of para-hydroxylation sites is 1. The van der Waals surface area contributed by atoms with Crippen LogP contribution in [0.1, 0.15) is 29.0 Å². The fourth-order valence-corrected chi connectivity index (χ4v) is 5.95. The molecule has 3 heterocycles. The Morgan fingerprint density at radius 1 is 1.14 bits per heavy atom. The van der Waals surface area contributed by atoms with Crippen LogP contribution in [-0.4, -0.2) is 23.8 Å². The van der Waals surface area contributed by atoms with E-state index in [1.54, 1.807) is 29.7 Å². The number of carbonyl (C=O) groups excluding carboxylic acids is 1. The van der Waals surface area contributed by atoms with Crippen molar-refractivity contribution in [2.45, 2.75) is 13.0 Å². The summed E-state index contributed by atoms with van der Waals surface area (Å²) in [5.41, 5.74) is 1.98. The van der Waals surface area contributed by atoms with Crippen molar-refractivity contribution in [1.82, 2.24) is 4.57 Å². The number of benzene rings is 2. The molecule has 2 aromatic carbocycles. The van der Waals surface area contributed by atoms with Gasteiger partial charge in [0.15, 0.2) is 11.4 Å². The Hall–Kier alpha value is -4.26. The first-order valence-corrected chi connectivity index (χ1v) is 13.2. The maximum Gasteiger partial charge on any atom is 0.338 e. The lowest BCUT2D eigenvalue weighted by Crippen LogP contribution is -2.39.